The zero-order chi connectivity index (χ0) is 13.6. The summed E-state index contributed by atoms with van der Waals surface area (Å²) in [6.07, 6.45) is 3.34. The van der Waals surface area contributed by atoms with Crippen molar-refractivity contribution in [3.05, 3.63) is 30.1 Å². The third-order valence-corrected chi connectivity index (χ3v) is 3.01. The molecule has 1 heterocycles. The predicted octanol–water partition coefficient (Wildman–Crippen LogP) is 1.95. The van der Waals surface area contributed by atoms with E-state index in [0.717, 1.165) is 12.1 Å². The van der Waals surface area contributed by atoms with Crippen LogP contribution in [0.5, 0.6) is 0 Å². The highest BCUT2D eigenvalue weighted by atomic mass is 16.2. The van der Waals surface area contributed by atoms with Gasteiger partial charge >= 0.3 is 0 Å². The van der Waals surface area contributed by atoms with Crippen LogP contribution < -0.4 is 5.73 Å². The molecule has 2 N–H and O–H groups in total. The summed E-state index contributed by atoms with van der Waals surface area (Å²) >= 11 is 0. The topological polar surface area (TPSA) is 59.2 Å². The highest BCUT2D eigenvalue weighted by Gasteiger charge is 2.31. The molecular formula is C14H23N3O. The predicted molar refractivity (Wildman–Crippen MR) is 72.8 cm³/mol. The summed E-state index contributed by atoms with van der Waals surface area (Å²) in [5, 5.41) is 0. The van der Waals surface area contributed by atoms with Gasteiger partial charge in [0.1, 0.15) is 0 Å². The van der Waals surface area contributed by atoms with Crippen molar-refractivity contribution < 1.29 is 4.79 Å². The lowest BCUT2D eigenvalue weighted by Gasteiger charge is -2.30. The lowest BCUT2D eigenvalue weighted by Crippen LogP contribution is -2.52. The molecule has 0 radical (unpaired) electrons. The second-order valence-corrected chi connectivity index (χ2v) is 4.81. The Labute approximate surface area is 109 Å². The summed E-state index contributed by atoms with van der Waals surface area (Å²) in [4.78, 5) is 18.4. The van der Waals surface area contributed by atoms with Crippen LogP contribution >= 0.6 is 0 Å². The lowest BCUT2D eigenvalue weighted by atomic mass is 9.95. The van der Waals surface area contributed by atoms with Crippen molar-refractivity contribution in [2.75, 3.05) is 6.54 Å². The Kier molecular flexibility index (Phi) is 5.28. The van der Waals surface area contributed by atoms with E-state index >= 15 is 0 Å². The third kappa shape index (κ3) is 3.81. The smallest absolute Gasteiger partial charge is 0.242 e. The Hall–Kier alpha value is -1.42. The Bertz CT molecular complexity index is 376. The van der Waals surface area contributed by atoms with Gasteiger partial charge in [-0.1, -0.05) is 19.4 Å². The van der Waals surface area contributed by atoms with Gasteiger partial charge in [0.2, 0.25) is 5.91 Å². The van der Waals surface area contributed by atoms with E-state index in [-0.39, 0.29) is 5.91 Å². The maximum absolute atomic E-state index is 12.4. The Morgan fingerprint density at radius 3 is 2.67 bits per heavy atom. The highest BCUT2D eigenvalue weighted by molar-refractivity contribution is 5.85. The molecule has 18 heavy (non-hydrogen) atoms. The monoisotopic (exact) mass is 249 g/mol. The first kappa shape index (κ1) is 14.6. The SMILES string of the molecule is CCCC(C)(N)C(=O)N(CC)Cc1ccccn1. The second-order valence-electron chi connectivity index (χ2n) is 4.81. The van der Waals surface area contributed by atoms with Gasteiger partial charge in [-0.2, -0.15) is 0 Å². The van der Waals surface area contributed by atoms with Crippen molar-refractivity contribution >= 4 is 5.91 Å². The molecule has 0 saturated carbocycles. The maximum Gasteiger partial charge on any atom is 0.242 e. The van der Waals surface area contributed by atoms with Crippen LogP contribution in [-0.4, -0.2) is 27.9 Å². The molecule has 1 unspecified atom stereocenters. The zero-order valence-electron chi connectivity index (χ0n) is 11.5. The van der Waals surface area contributed by atoms with Gasteiger partial charge < -0.3 is 10.6 Å². The molecule has 4 nitrogen and oxygen atoms in total. The Balaban J connectivity index is 2.75. The molecule has 1 atom stereocenters. The number of rotatable bonds is 6. The summed E-state index contributed by atoms with van der Waals surface area (Å²) < 4.78 is 0. The number of nitrogens with zero attached hydrogens (tertiary/aromatic N) is 2. The van der Waals surface area contributed by atoms with Crippen molar-refractivity contribution in [1.29, 1.82) is 0 Å². The number of nitrogens with two attached hydrogens (primary N) is 1. The van der Waals surface area contributed by atoms with Crippen LogP contribution in [0, 0.1) is 0 Å². The number of amides is 1. The molecule has 0 spiro atoms. The average molecular weight is 249 g/mol. The maximum atomic E-state index is 12.4. The number of aromatic nitrogens is 1. The molecule has 0 aromatic carbocycles. The molecule has 0 aliphatic heterocycles. The minimum atomic E-state index is -0.778. The molecule has 1 aromatic heterocycles. The van der Waals surface area contributed by atoms with Gasteiger partial charge in [-0.3, -0.25) is 9.78 Å². The van der Waals surface area contributed by atoms with E-state index in [2.05, 4.69) is 4.98 Å². The fourth-order valence-electron chi connectivity index (χ4n) is 2.00. The number of hydrogen-bond donors (Lipinski definition) is 1. The van der Waals surface area contributed by atoms with Gasteiger partial charge in [0, 0.05) is 12.7 Å². The lowest BCUT2D eigenvalue weighted by molar-refractivity contribution is -0.137. The van der Waals surface area contributed by atoms with Gasteiger partial charge in [0.05, 0.1) is 17.8 Å². The van der Waals surface area contributed by atoms with Crippen molar-refractivity contribution in [2.24, 2.45) is 5.73 Å². The zero-order valence-corrected chi connectivity index (χ0v) is 11.5. The first-order valence-corrected chi connectivity index (χ1v) is 6.49. The molecule has 0 aliphatic carbocycles. The van der Waals surface area contributed by atoms with Crippen LogP contribution in [0.25, 0.3) is 0 Å². The van der Waals surface area contributed by atoms with Gasteiger partial charge in [-0.15, -0.1) is 0 Å². The fraction of sp³-hybridized carbons (Fsp3) is 0.571. The standard InChI is InChI=1S/C14H23N3O/c1-4-9-14(3,15)13(18)17(5-2)11-12-8-6-7-10-16-12/h6-8,10H,4-5,9,11,15H2,1-3H3. The molecule has 0 fully saturated rings. The van der Waals surface area contributed by atoms with Crippen molar-refractivity contribution in [3.63, 3.8) is 0 Å². The molecule has 1 amide bonds. The van der Waals surface area contributed by atoms with Crippen LogP contribution in [0.15, 0.2) is 24.4 Å². The minimum absolute atomic E-state index is 0.00231. The van der Waals surface area contributed by atoms with Crippen molar-refractivity contribution in [2.45, 2.75) is 45.7 Å². The summed E-state index contributed by atoms with van der Waals surface area (Å²) in [6.45, 7) is 6.97. The quantitative estimate of drug-likeness (QED) is 0.838. The first-order chi connectivity index (χ1) is 8.51. The van der Waals surface area contributed by atoms with Crippen LogP contribution in [-0.2, 0) is 11.3 Å². The molecular weight excluding hydrogens is 226 g/mol. The van der Waals surface area contributed by atoms with E-state index in [1.807, 2.05) is 32.0 Å². The summed E-state index contributed by atoms with van der Waals surface area (Å²) in [5.41, 5.74) is 6.20. The molecule has 4 heteroatoms. The summed E-state index contributed by atoms with van der Waals surface area (Å²) in [5.74, 6) is -0.00231. The number of hydrogen-bond acceptors (Lipinski definition) is 3. The third-order valence-electron chi connectivity index (χ3n) is 3.01. The molecule has 0 saturated heterocycles. The fourth-order valence-corrected chi connectivity index (χ4v) is 2.00. The number of pyridine rings is 1. The van der Waals surface area contributed by atoms with E-state index in [4.69, 9.17) is 5.73 Å². The Morgan fingerprint density at radius 1 is 1.44 bits per heavy atom. The number of likely N-dealkylation sites (N-methyl/N-ethyl adjacent to an activating group) is 1. The first-order valence-electron chi connectivity index (χ1n) is 6.49. The minimum Gasteiger partial charge on any atom is -0.335 e. The highest BCUT2D eigenvalue weighted by Crippen LogP contribution is 2.14. The van der Waals surface area contributed by atoms with E-state index < -0.39 is 5.54 Å². The average Bonchev–Trinajstić information content (AvgIpc) is 2.36. The molecule has 100 valence electrons. The number of carbonyl (C=O) groups excluding carboxylic acids is 1. The van der Waals surface area contributed by atoms with Crippen LogP contribution in [0.1, 0.15) is 39.3 Å². The molecule has 1 aromatic rings. The van der Waals surface area contributed by atoms with Crippen molar-refractivity contribution in [3.8, 4) is 0 Å². The van der Waals surface area contributed by atoms with E-state index in [1.165, 1.54) is 0 Å². The summed E-state index contributed by atoms with van der Waals surface area (Å²) in [7, 11) is 0. The number of carbonyl (C=O) groups is 1. The van der Waals surface area contributed by atoms with E-state index in [0.29, 0.717) is 19.5 Å². The van der Waals surface area contributed by atoms with Crippen LogP contribution in [0.2, 0.25) is 0 Å². The van der Waals surface area contributed by atoms with Crippen LogP contribution in [0.4, 0.5) is 0 Å². The molecule has 0 aliphatic rings. The van der Waals surface area contributed by atoms with E-state index in [9.17, 15) is 4.79 Å². The van der Waals surface area contributed by atoms with Crippen LogP contribution in [0.3, 0.4) is 0 Å². The summed E-state index contributed by atoms with van der Waals surface area (Å²) in [6, 6.07) is 5.71. The van der Waals surface area contributed by atoms with Gasteiger partial charge in [0.15, 0.2) is 0 Å². The molecule has 1 rings (SSSR count). The normalized spacial score (nSPS) is 14.0. The van der Waals surface area contributed by atoms with E-state index in [1.54, 1.807) is 18.0 Å². The van der Waals surface area contributed by atoms with Crippen molar-refractivity contribution in [1.82, 2.24) is 9.88 Å². The molecule has 0 bridgehead atoms. The second kappa shape index (κ2) is 6.50. The van der Waals surface area contributed by atoms with Gasteiger partial charge in [-0.25, -0.2) is 0 Å². The Morgan fingerprint density at radius 2 is 2.17 bits per heavy atom. The van der Waals surface area contributed by atoms with Gasteiger partial charge in [-0.05, 0) is 32.4 Å². The largest absolute Gasteiger partial charge is 0.335 e. The van der Waals surface area contributed by atoms with Gasteiger partial charge in [0.25, 0.3) is 0 Å².